The maximum absolute atomic E-state index is 13.0. The van der Waals surface area contributed by atoms with Gasteiger partial charge in [0.05, 0.1) is 30.3 Å². The van der Waals surface area contributed by atoms with E-state index in [0.29, 0.717) is 33.7 Å². The van der Waals surface area contributed by atoms with Crippen molar-refractivity contribution in [3.63, 3.8) is 0 Å². The van der Waals surface area contributed by atoms with Crippen LogP contribution in [-0.2, 0) is 6.54 Å². The molecule has 1 aliphatic heterocycles. The zero-order chi connectivity index (χ0) is 24.4. The SMILES string of the molecule is COc1ccc(CN2C(=O)c3ccccc3C2=O)cc1C(=O)Nc1ccc(C(=O)N(C)C)cc1. The predicted molar refractivity (Wildman–Crippen MR) is 126 cm³/mol. The quantitative estimate of drug-likeness (QED) is 0.572. The molecule has 0 bridgehead atoms. The summed E-state index contributed by atoms with van der Waals surface area (Å²) in [5, 5.41) is 2.79. The molecular weight excluding hydrogens is 434 g/mol. The van der Waals surface area contributed by atoms with Crippen LogP contribution in [0, 0.1) is 0 Å². The number of fused-ring (bicyclic) bond motifs is 1. The van der Waals surface area contributed by atoms with Crippen LogP contribution in [0.1, 0.15) is 47.0 Å². The molecule has 0 saturated carbocycles. The van der Waals surface area contributed by atoms with E-state index in [2.05, 4.69) is 5.32 Å². The van der Waals surface area contributed by atoms with E-state index in [9.17, 15) is 19.2 Å². The van der Waals surface area contributed by atoms with E-state index in [1.807, 2.05) is 0 Å². The van der Waals surface area contributed by atoms with Crippen LogP contribution < -0.4 is 10.1 Å². The minimum atomic E-state index is -0.423. The highest BCUT2D eigenvalue weighted by Gasteiger charge is 2.35. The third-order valence-corrected chi connectivity index (χ3v) is 5.52. The summed E-state index contributed by atoms with van der Waals surface area (Å²) < 4.78 is 5.34. The Morgan fingerprint density at radius 1 is 0.912 bits per heavy atom. The van der Waals surface area contributed by atoms with Gasteiger partial charge in [0, 0.05) is 25.3 Å². The van der Waals surface area contributed by atoms with Crippen LogP contribution in [-0.4, -0.2) is 54.6 Å². The Morgan fingerprint density at radius 3 is 2.09 bits per heavy atom. The Morgan fingerprint density at radius 2 is 1.53 bits per heavy atom. The Hall–Kier alpha value is -4.46. The highest BCUT2D eigenvalue weighted by molar-refractivity contribution is 6.21. The normalized spacial score (nSPS) is 12.4. The Balaban J connectivity index is 1.54. The van der Waals surface area contributed by atoms with Gasteiger partial charge >= 0.3 is 0 Å². The minimum Gasteiger partial charge on any atom is -0.496 e. The fourth-order valence-electron chi connectivity index (χ4n) is 3.75. The molecule has 3 aromatic carbocycles. The molecule has 3 aromatic rings. The summed E-state index contributed by atoms with van der Waals surface area (Å²) in [6.45, 7) is 0.0258. The van der Waals surface area contributed by atoms with Gasteiger partial charge in [-0.15, -0.1) is 0 Å². The average Bonchev–Trinajstić information content (AvgIpc) is 3.09. The maximum atomic E-state index is 13.0. The lowest BCUT2D eigenvalue weighted by Crippen LogP contribution is -2.29. The third-order valence-electron chi connectivity index (χ3n) is 5.52. The zero-order valence-corrected chi connectivity index (χ0v) is 19.0. The maximum Gasteiger partial charge on any atom is 0.261 e. The Labute approximate surface area is 196 Å². The van der Waals surface area contributed by atoms with Gasteiger partial charge in [0.15, 0.2) is 0 Å². The first-order valence-corrected chi connectivity index (χ1v) is 10.6. The first-order chi connectivity index (χ1) is 16.3. The molecule has 4 amide bonds. The number of methoxy groups -OCH3 is 1. The van der Waals surface area contributed by atoms with Gasteiger partial charge in [-0.05, 0) is 54.1 Å². The van der Waals surface area contributed by atoms with E-state index in [-0.39, 0.29) is 29.8 Å². The fraction of sp³-hybridized carbons (Fsp3) is 0.154. The highest BCUT2D eigenvalue weighted by Crippen LogP contribution is 2.27. The Bertz CT molecular complexity index is 1260. The lowest BCUT2D eigenvalue weighted by atomic mass is 10.1. The van der Waals surface area contributed by atoms with Gasteiger partial charge < -0.3 is 15.0 Å². The number of amides is 4. The van der Waals surface area contributed by atoms with Crippen LogP contribution in [0.4, 0.5) is 5.69 Å². The first-order valence-electron chi connectivity index (χ1n) is 10.6. The molecule has 0 unspecified atom stereocenters. The van der Waals surface area contributed by atoms with Gasteiger partial charge in [-0.1, -0.05) is 18.2 Å². The molecule has 8 nitrogen and oxygen atoms in total. The zero-order valence-electron chi connectivity index (χ0n) is 19.0. The van der Waals surface area contributed by atoms with Crippen molar-refractivity contribution >= 4 is 29.3 Å². The highest BCUT2D eigenvalue weighted by atomic mass is 16.5. The summed E-state index contributed by atoms with van der Waals surface area (Å²) in [7, 11) is 4.79. The molecule has 0 spiro atoms. The topological polar surface area (TPSA) is 96.0 Å². The molecule has 0 saturated heterocycles. The van der Waals surface area contributed by atoms with Crippen molar-refractivity contribution in [1.29, 1.82) is 0 Å². The summed E-state index contributed by atoms with van der Waals surface area (Å²) in [6.07, 6.45) is 0. The van der Waals surface area contributed by atoms with Crippen molar-refractivity contribution < 1.29 is 23.9 Å². The van der Waals surface area contributed by atoms with Crippen molar-refractivity contribution in [2.75, 3.05) is 26.5 Å². The largest absolute Gasteiger partial charge is 0.496 e. The van der Waals surface area contributed by atoms with Gasteiger partial charge in [-0.25, -0.2) is 0 Å². The van der Waals surface area contributed by atoms with Crippen LogP contribution >= 0.6 is 0 Å². The van der Waals surface area contributed by atoms with Gasteiger partial charge in [0.1, 0.15) is 5.75 Å². The number of nitrogens with one attached hydrogen (secondary N) is 1. The molecule has 1 heterocycles. The van der Waals surface area contributed by atoms with Crippen LogP contribution in [0.25, 0.3) is 0 Å². The second-order valence-corrected chi connectivity index (χ2v) is 8.01. The first kappa shape index (κ1) is 22.7. The van der Waals surface area contributed by atoms with Crippen molar-refractivity contribution in [3.8, 4) is 5.75 Å². The van der Waals surface area contributed by atoms with Gasteiger partial charge in [0.2, 0.25) is 0 Å². The van der Waals surface area contributed by atoms with Gasteiger partial charge in [-0.3, -0.25) is 24.1 Å². The number of hydrogen-bond donors (Lipinski definition) is 1. The molecule has 0 fully saturated rings. The van der Waals surface area contributed by atoms with Crippen LogP contribution in [0.15, 0.2) is 66.7 Å². The molecule has 0 atom stereocenters. The number of carbonyl (C=O) groups is 4. The number of hydrogen-bond acceptors (Lipinski definition) is 5. The molecule has 0 aliphatic carbocycles. The molecule has 1 N–H and O–H groups in total. The van der Waals surface area contributed by atoms with E-state index < -0.39 is 5.91 Å². The van der Waals surface area contributed by atoms with E-state index in [4.69, 9.17) is 4.74 Å². The molecule has 172 valence electrons. The number of nitrogens with zero attached hydrogens (tertiary/aromatic N) is 2. The lowest BCUT2D eigenvalue weighted by Gasteiger charge is -2.16. The molecule has 34 heavy (non-hydrogen) atoms. The third kappa shape index (κ3) is 4.25. The van der Waals surface area contributed by atoms with E-state index in [1.165, 1.54) is 12.0 Å². The predicted octanol–water partition coefficient (Wildman–Crippen LogP) is 3.45. The number of carbonyl (C=O) groups excluding carboxylic acids is 4. The van der Waals surface area contributed by atoms with Gasteiger partial charge in [0.25, 0.3) is 23.6 Å². The van der Waals surface area contributed by atoms with Crippen LogP contribution in [0.5, 0.6) is 5.75 Å². The van der Waals surface area contributed by atoms with Crippen molar-refractivity contribution in [2.45, 2.75) is 6.54 Å². The molecule has 8 heteroatoms. The molecule has 1 aliphatic rings. The van der Waals surface area contributed by atoms with Crippen LogP contribution in [0.3, 0.4) is 0 Å². The summed E-state index contributed by atoms with van der Waals surface area (Å²) in [4.78, 5) is 53.1. The summed E-state index contributed by atoms with van der Waals surface area (Å²) >= 11 is 0. The fourth-order valence-corrected chi connectivity index (χ4v) is 3.75. The Kier molecular flexibility index (Phi) is 6.14. The van der Waals surface area contributed by atoms with Crippen LogP contribution in [0.2, 0.25) is 0 Å². The number of imide groups is 1. The second-order valence-electron chi connectivity index (χ2n) is 8.01. The average molecular weight is 457 g/mol. The van der Waals surface area contributed by atoms with E-state index in [1.54, 1.807) is 80.8 Å². The van der Waals surface area contributed by atoms with Crippen molar-refractivity contribution in [3.05, 3.63) is 94.5 Å². The molecule has 0 radical (unpaired) electrons. The molecular formula is C26H23N3O5. The monoisotopic (exact) mass is 457 g/mol. The van der Waals surface area contributed by atoms with Crippen molar-refractivity contribution in [2.24, 2.45) is 0 Å². The smallest absolute Gasteiger partial charge is 0.261 e. The van der Waals surface area contributed by atoms with E-state index >= 15 is 0 Å². The summed E-state index contributed by atoms with van der Waals surface area (Å²) in [5.41, 5.74) is 2.61. The summed E-state index contributed by atoms with van der Waals surface area (Å²) in [5.74, 6) is -0.944. The number of rotatable bonds is 6. The standard InChI is InChI=1S/C26H23N3O5/c1-28(2)24(31)17-9-11-18(12-10-17)27-23(30)21-14-16(8-13-22(21)34-3)15-29-25(32)19-6-4-5-7-20(19)26(29)33/h4-14H,15H2,1-3H3,(H,27,30). The number of ether oxygens (including phenoxy) is 1. The second kappa shape index (κ2) is 9.19. The van der Waals surface area contributed by atoms with Gasteiger partial charge in [-0.2, -0.15) is 0 Å². The summed E-state index contributed by atoms with van der Waals surface area (Å²) in [6, 6.07) is 18.2. The molecule has 4 rings (SSSR count). The number of benzene rings is 3. The minimum absolute atomic E-state index is 0.0258. The van der Waals surface area contributed by atoms with Crippen molar-refractivity contribution in [1.82, 2.24) is 9.80 Å². The lowest BCUT2D eigenvalue weighted by molar-refractivity contribution is 0.0641. The molecule has 0 aromatic heterocycles. The number of anilines is 1. The van der Waals surface area contributed by atoms with E-state index in [0.717, 1.165) is 4.90 Å².